The highest BCUT2D eigenvalue weighted by atomic mass is 16.1. The second-order valence-corrected chi connectivity index (χ2v) is 7.48. The molecule has 0 fully saturated rings. The maximum atomic E-state index is 11.6. The maximum Gasteiger partial charge on any atom is 0.278 e. The van der Waals surface area contributed by atoms with E-state index in [4.69, 9.17) is 0 Å². The fraction of sp³-hybridized carbons (Fsp3) is 0.200. The molecule has 0 aromatic carbocycles. The molecule has 6 heterocycles. The molecule has 8 N–H and O–H groups in total. The van der Waals surface area contributed by atoms with E-state index in [2.05, 4.69) is 70.4 Å². The van der Waals surface area contributed by atoms with Crippen LogP contribution in [-0.4, -0.2) is 72.9 Å². The highest BCUT2D eigenvalue weighted by Gasteiger charge is 2.06. The van der Waals surface area contributed by atoms with Crippen LogP contribution in [0.3, 0.4) is 0 Å². The first kappa shape index (κ1) is 22.5. The number of nitrogens with one attached hydrogen (secondary N) is 8. The van der Waals surface area contributed by atoms with Crippen LogP contribution in [0.5, 0.6) is 0 Å². The Labute approximate surface area is 200 Å². The SMILES string of the molecule is O=c1[nH]c(NCCc2c[nH]cn2)nc2nc[nH]c12.O=c1[nH]c(NCCc2ncc[nH]2)nc2nc[nH]c12. The Balaban J connectivity index is 0.000000148. The Bertz CT molecular complexity index is 1520. The van der Waals surface area contributed by atoms with Gasteiger partial charge in [0.25, 0.3) is 11.1 Å². The number of nitrogens with zero attached hydrogens (tertiary/aromatic N) is 6. The van der Waals surface area contributed by atoms with Crippen LogP contribution < -0.4 is 21.8 Å². The van der Waals surface area contributed by atoms with E-state index in [1.165, 1.54) is 12.7 Å². The molecule has 0 saturated heterocycles. The van der Waals surface area contributed by atoms with Crippen molar-refractivity contribution in [1.29, 1.82) is 0 Å². The van der Waals surface area contributed by atoms with Crippen molar-refractivity contribution < 1.29 is 0 Å². The predicted octanol–water partition coefficient (Wildman–Crippen LogP) is 0.0478. The van der Waals surface area contributed by atoms with Crippen LogP contribution in [0.2, 0.25) is 0 Å². The molecule has 0 amide bonds. The lowest BCUT2D eigenvalue weighted by atomic mass is 10.3. The molecule has 16 heteroatoms. The van der Waals surface area contributed by atoms with Gasteiger partial charge >= 0.3 is 0 Å². The summed E-state index contributed by atoms with van der Waals surface area (Å²) in [7, 11) is 0. The molecule has 0 aliphatic heterocycles. The van der Waals surface area contributed by atoms with Crippen LogP contribution in [-0.2, 0) is 12.8 Å². The molecule has 0 bridgehead atoms. The van der Waals surface area contributed by atoms with Gasteiger partial charge < -0.3 is 30.6 Å². The molecule has 0 aliphatic rings. The Morgan fingerprint density at radius 3 is 1.92 bits per heavy atom. The molecular formula is C20H22N14O2. The molecule has 36 heavy (non-hydrogen) atoms. The number of anilines is 2. The van der Waals surface area contributed by atoms with Gasteiger partial charge in [0, 0.05) is 44.5 Å². The Morgan fingerprint density at radius 1 is 0.722 bits per heavy atom. The lowest BCUT2D eigenvalue weighted by molar-refractivity contribution is 0.912. The number of hydrogen-bond donors (Lipinski definition) is 8. The average Bonchev–Trinajstić information content (AvgIpc) is 3.67. The van der Waals surface area contributed by atoms with Gasteiger partial charge in [0.2, 0.25) is 11.9 Å². The molecule has 0 saturated carbocycles. The van der Waals surface area contributed by atoms with Crippen molar-refractivity contribution in [2.75, 3.05) is 23.7 Å². The van der Waals surface area contributed by atoms with Gasteiger partial charge in [-0.05, 0) is 0 Å². The zero-order valence-corrected chi connectivity index (χ0v) is 18.8. The molecule has 6 aromatic rings. The van der Waals surface area contributed by atoms with E-state index in [-0.39, 0.29) is 11.1 Å². The number of hydrogen-bond acceptors (Lipinski definition) is 10. The minimum atomic E-state index is -0.238. The number of aromatic amines is 6. The molecule has 0 spiro atoms. The summed E-state index contributed by atoms with van der Waals surface area (Å²) in [6, 6.07) is 0. The Hall–Kier alpha value is -5.28. The number of H-pyrrole nitrogens is 6. The average molecular weight is 490 g/mol. The van der Waals surface area contributed by atoms with E-state index in [0.717, 1.165) is 24.4 Å². The predicted molar refractivity (Wildman–Crippen MR) is 131 cm³/mol. The van der Waals surface area contributed by atoms with Crippen LogP contribution in [0.1, 0.15) is 11.5 Å². The van der Waals surface area contributed by atoms with Crippen LogP contribution in [0.4, 0.5) is 11.9 Å². The minimum absolute atomic E-state index is 0.236. The van der Waals surface area contributed by atoms with Crippen molar-refractivity contribution in [2.24, 2.45) is 0 Å². The molecular weight excluding hydrogens is 468 g/mol. The summed E-state index contributed by atoms with van der Waals surface area (Å²) in [6.07, 6.45) is 11.3. The van der Waals surface area contributed by atoms with Crippen molar-refractivity contribution in [2.45, 2.75) is 12.8 Å². The molecule has 0 unspecified atom stereocenters. The normalized spacial score (nSPS) is 10.9. The number of fused-ring (bicyclic) bond motifs is 2. The Kier molecular flexibility index (Phi) is 6.46. The quantitative estimate of drug-likeness (QED) is 0.143. The molecule has 16 nitrogen and oxygen atoms in total. The van der Waals surface area contributed by atoms with Crippen LogP contribution in [0.15, 0.2) is 47.2 Å². The molecule has 6 aromatic heterocycles. The van der Waals surface area contributed by atoms with Crippen molar-refractivity contribution >= 4 is 34.2 Å². The second kappa shape index (κ2) is 10.3. The maximum absolute atomic E-state index is 11.6. The van der Waals surface area contributed by atoms with E-state index in [9.17, 15) is 9.59 Å². The number of rotatable bonds is 8. The summed E-state index contributed by atoms with van der Waals surface area (Å²) in [4.78, 5) is 64.3. The summed E-state index contributed by atoms with van der Waals surface area (Å²) in [5.74, 6) is 1.70. The zero-order chi connectivity index (χ0) is 24.7. The smallest absolute Gasteiger partial charge is 0.278 e. The highest BCUT2D eigenvalue weighted by Crippen LogP contribution is 2.04. The first-order valence-electron chi connectivity index (χ1n) is 11.0. The van der Waals surface area contributed by atoms with Crippen molar-refractivity contribution in [3.63, 3.8) is 0 Å². The van der Waals surface area contributed by atoms with Gasteiger partial charge in [-0.3, -0.25) is 19.6 Å². The van der Waals surface area contributed by atoms with Gasteiger partial charge in [-0.2, -0.15) is 9.97 Å². The van der Waals surface area contributed by atoms with Gasteiger partial charge in [0.1, 0.15) is 5.82 Å². The monoisotopic (exact) mass is 490 g/mol. The standard InChI is InChI=1S/2C10H11N7O/c18-9-7-8(15-5-14-7)16-10(17-9)12-2-1-6-3-11-4-13-6;18-9-7-8(15-5-14-7)16-10(17-9)13-2-1-6-11-3-4-12-6/h3-5H,1-2H2,(H,11,13)(H3,12,14,15,16,17,18);3-5H,1-2H2,(H,11,12)(H3,13,14,15,16,17,18). The fourth-order valence-corrected chi connectivity index (χ4v) is 3.32. The topological polar surface area (TPSA) is 230 Å². The van der Waals surface area contributed by atoms with Gasteiger partial charge in [0.05, 0.1) is 24.7 Å². The molecule has 184 valence electrons. The minimum Gasteiger partial charge on any atom is -0.355 e. The molecule has 0 aliphatic carbocycles. The number of imidazole rings is 4. The van der Waals surface area contributed by atoms with E-state index in [1.54, 1.807) is 18.7 Å². The lowest BCUT2D eigenvalue weighted by Gasteiger charge is -2.03. The second-order valence-electron chi connectivity index (χ2n) is 7.48. The summed E-state index contributed by atoms with van der Waals surface area (Å²) in [6.45, 7) is 1.25. The zero-order valence-electron chi connectivity index (χ0n) is 18.8. The lowest BCUT2D eigenvalue weighted by Crippen LogP contribution is -2.15. The third-order valence-corrected chi connectivity index (χ3v) is 5.03. The summed E-state index contributed by atoms with van der Waals surface area (Å²) in [5, 5.41) is 6.06. The molecule has 0 radical (unpaired) electrons. The highest BCUT2D eigenvalue weighted by molar-refractivity contribution is 5.70. The largest absolute Gasteiger partial charge is 0.355 e. The van der Waals surface area contributed by atoms with Gasteiger partial charge in [-0.15, -0.1) is 0 Å². The molecule has 0 atom stereocenters. The third kappa shape index (κ3) is 5.27. The van der Waals surface area contributed by atoms with Crippen molar-refractivity contribution in [1.82, 2.24) is 59.8 Å². The summed E-state index contributed by atoms with van der Waals surface area (Å²) < 4.78 is 0. The van der Waals surface area contributed by atoms with Gasteiger partial charge in [-0.1, -0.05) is 0 Å². The van der Waals surface area contributed by atoms with Gasteiger partial charge in [0.15, 0.2) is 22.3 Å². The summed E-state index contributed by atoms with van der Waals surface area (Å²) >= 11 is 0. The first-order valence-corrected chi connectivity index (χ1v) is 11.0. The van der Waals surface area contributed by atoms with Crippen LogP contribution >= 0.6 is 0 Å². The number of aromatic nitrogens is 12. The summed E-state index contributed by atoms with van der Waals surface area (Å²) in [5.41, 5.74) is 2.04. The fourth-order valence-electron chi connectivity index (χ4n) is 3.32. The third-order valence-electron chi connectivity index (χ3n) is 5.03. The Morgan fingerprint density at radius 2 is 1.36 bits per heavy atom. The van der Waals surface area contributed by atoms with Gasteiger partial charge in [-0.25, -0.2) is 19.9 Å². The first-order chi connectivity index (χ1) is 17.7. The van der Waals surface area contributed by atoms with Crippen molar-refractivity contribution in [3.05, 3.63) is 69.8 Å². The molecule has 6 rings (SSSR count). The van der Waals surface area contributed by atoms with E-state index < -0.39 is 0 Å². The van der Waals surface area contributed by atoms with E-state index >= 15 is 0 Å². The van der Waals surface area contributed by atoms with Crippen molar-refractivity contribution in [3.8, 4) is 0 Å². The van der Waals surface area contributed by atoms with E-state index in [0.29, 0.717) is 47.3 Å². The van der Waals surface area contributed by atoms with E-state index in [1.807, 2.05) is 6.20 Å². The van der Waals surface area contributed by atoms with Crippen LogP contribution in [0.25, 0.3) is 22.3 Å². The van der Waals surface area contributed by atoms with Crippen LogP contribution in [0, 0.1) is 0 Å².